The summed E-state index contributed by atoms with van der Waals surface area (Å²) in [5.74, 6) is 0.0102. The zero-order valence-electron chi connectivity index (χ0n) is 14.3. The van der Waals surface area contributed by atoms with Crippen LogP contribution in [-0.2, 0) is 4.79 Å². The molecule has 1 amide bonds. The van der Waals surface area contributed by atoms with Crippen LogP contribution in [0.15, 0.2) is 24.3 Å². The Hall–Kier alpha value is -1.62. The Bertz CT molecular complexity index is 484. The molecule has 0 aromatic heterocycles. The number of unbranched alkanes of at least 4 members (excludes halogenated alkanes) is 1. The van der Waals surface area contributed by atoms with Crippen LogP contribution in [0.5, 0.6) is 0 Å². The van der Waals surface area contributed by atoms with Crippen LogP contribution < -0.4 is 4.90 Å². The van der Waals surface area contributed by atoms with E-state index in [2.05, 4.69) is 23.6 Å². The molecule has 0 radical (unpaired) electrons. The van der Waals surface area contributed by atoms with Crippen LogP contribution >= 0.6 is 0 Å². The van der Waals surface area contributed by atoms with Crippen molar-refractivity contribution in [3.8, 4) is 0 Å². The molecule has 23 heavy (non-hydrogen) atoms. The molecule has 0 aliphatic carbocycles. The highest BCUT2D eigenvalue weighted by Crippen LogP contribution is 2.17. The number of hydrogen-bond donors (Lipinski definition) is 0. The highest BCUT2D eigenvalue weighted by atomic mass is 19.1. The molecule has 0 saturated carbocycles. The van der Waals surface area contributed by atoms with Gasteiger partial charge >= 0.3 is 0 Å². The van der Waals surface area contributed by atoms with E-state index < -0.39 is 0 Å². The lowest BCUT2D eigenvalue weighted by atomic mass is 10.2. The normalized spacial score (nSPS) is 15.3. The highest BCUT2D eigenvalue weighted by Gasteiger charge is 2.22. The van der Waals surface area contributed by atoms with E-state index in [-0.39, 0.29) is 11.7 Å². The second kappa shape index (κ2) is 8.87. The van der Waals surface area contributed by atoms with Crippen molar-refractivity contribution in [3.05, 3.63) is 30.1 Å². The average molecular weight is 321 g/mol. The lowest BCUT2D eigenvalue weighted by Crippen LogP contribution is -2.51. The number of carbonyl (C=O) groups is 1. The van der Waals surface area contributed by atoms with Gasteiger partial charge in [-0.3, -0.25) is 9.69 Å². The SMILES string of the molecule is CCCCN(CC)CC(=O)N1CCN(c2ccc(F)cc2)CC1. The summed E-state index contributed by atoms with van der Waals surface area (Å²) in [7, 11) is 0. The minimum Gasteiger partial charge on any atom is -0.368 e. The molecule has 4 nitrogen and oxygen atoms in total. The second-order valence-corrected chi connectivity index (χ2v) is 6.07. The van der Waals surface area contributed by atoms with Gasteiger partial charge in [-0.2, -0.15) is 0 Å². The monoisotopic (exact) mass is 321 g/mol. The van der Waals surface area contributed by atoms with E-state index >= 15 is 0 Å². The Kier molecular flexibility index (Phi) is 6.84. The van der Waals surface area contributed by atoms with Gasteiger partial charge in [0.25, 0.3) is 0 Å². The van der Waals surface area contributed by atoms with Gasteiger partial charge in [-0.15, -0.1) is 0 Å². The first kappa shape index (κ1) is 17.7. The van der Waals surface area contributed by atoms with Crippen LogP contribution in [0.1, 0.15) is 26.7 Å². The van der Waals surface area contributed by atoms with Crippen LogP contribution in [-0.4, -0.2) is 61.5 Å². The van der Waals surface area contributed by atoms with E-state index in [9.17, 15) is 9.18 Å². The first-order chi connectivity index (χ1) is 11.1. The van der Waals surface area contributed by atoms with Crippen molar-refractivity contribution in [2.45, 2.75) is 26.7 Å². The molecule has 1 aromatic rings. The molecular weight excluding hydrogens is 293 g/mol. The lowest BCUT2D eigenvalue weighted by molar-refractivity contribution is -0.132. The fraction of sp³-hybridized carbons (Fsp3) is 0.611. The Morgan fingerprint density at radius 2 is 1.78 bits per heavy atom. The van der Waals surface area contributed by atoms with E-state index in [4.69, 9.17) is 0 Å². The van der Waals surface area contributed by atoms with Crippen molar-refractivity contribution in [3.63, 3.8) is 0 Å². The third-order valence-corrected chi connectivity index (χ3v) is 4.46. The predicted octanol–water partition coefficient (Wildman–Crippen LogP) is 2.60. The number of piperazine rings is 1. The van der Waals surface area contributed by atoms with Gasteiger partial charge in [0.05, 0.1) is 6.54 Å². The summed E-state index contributed by atoms with van der Waals surface area (Å²) >= 11 is 0. The fourth-order valence-electron chi connectivity index (χ4n) is 2.89. The maximum absolute atomic E-state index is 13.0. The van der Waals surface area contributed by atoms with Crippen LogP contribution in [0.3, 0.4) is 0 Å². The lowest BCUT2D eigenvalue weighted by Gasteiger charge is -2.37. The zero-order chi connectivity index (χ0) is 16.7. The fourth-order valence-corrected chi connectivity index (χ4v) is 2.89. The first-order valence-electron chi connectivity index (χ1n) is 8.64. The van der Waals surface area contributed by atoms with Gasteiger partial charge in [0, 0.05) is 31.9 Å². The molecule has 1 saturated heterocycles. The summed E-state index contributed by atoms with van der Waals surface area (Å²) in [6.07, 6.45) is 2.29. The topological polar surface area (TPSA) is 26.8 Å². The third-order valence-electron chi connectivity index (χ3n) is 4.46. The third kappa shape index (κ3) is 5.20. The van der Waals surface area contributed by atoms with Crippen LogP contribution in [0.2, 0.25) is 0 Å². The minimum atomic E-state index is -0.214. The van der Waals surface area contributed by atoms with Gasteiger partial charge in [0.15, 0.2) is 0 Å². The molecule has 1 aliphatic heterocycles. The molecule has 0 atom stereocenters. The number of nitrogens with zero attached hydrogens (tertiary/aromatic N) is 3. The summed E-state index contributed by atoms with van der Waals surface area (Å²) in [5.41, 5.74) is 1.02. The summed E-state index contributed by atoms with van der Waals surface area (Å²) < 4.78 is 13.0. The number of carbonyl (C=O) groups excluding carboxylic acids is 1. The Morgan fingerprint density at radius 3 is 2.35 bits per heavy atom. The van der Waals surface area contributed by atoms with E-state index in [1.807, 2.05) is 4.90 Å². The second-order valence-electron chi connectivity index (χ2n) is 6.07. The average Bonchev–Trinajstić information content (AvgIpc) is 2.59. The van der Waals surface area contributed by atoms with Crippen LogP contribution in [0.4, 0.5) is 10.1 Å². The molecule has 0 bridgehead atoms. The van der Waals surface area contributed by atoms with Crippen LogP contribution in [0.25, 0.3) is 0 Å². The van der Waals surface area contributed by atoms with Gasteiger partial charge < -0.3 is 9.80 Å². The van der Waals surface area contributed by atoms with E-state index in [0.717, 1.165) is 57.8 Å². The number of hydrogen-bond acceptors (Lipinski definition) is 3. The number of benzene rings is 1. The van der Waals surface area contributed by atoms with Crippen LogP contribution in [0, 0.1) is 5.82 Å². The maximum Gasteiger partial charge on any atom is 0.236 e. The van der Waals surface area contributed by atoms with Crippen molar-refractivity contribution in [1.29, 1.82) is 0 Å². The van der Waals surface area contributed by atoms with Gasteiger partial charge in [0.1, 0.15) is 5.82 Å². The molecule has 0 N–H and O–H groups in total. The molecule has 128 valence electrons. The number of likely N-dealkylation sites (N-methyl/N-ethyl adjacent to an activating group) is 1. The van der Waals surface area contributed by atoms with E-state index in [0.29, 0.717) is 6.54 Å². The molecule has 1 fully saturated rings. The molecule has 1 aliphatic rings. The van der Waals surface area contributed by atoms with Crippen molar-refractivity contribution in [2.75, 3.05) is 50.7 Å². The van der Waals surface area contributed by atoms with Gasteiger partial charge in [-0.25, -0.2) is 4.39 Å². The number of rotatable bonds is 7. The number of anilines is 1. The summed E-state index contributed by atoms with van der Waals surface area (Å²) in [4.78, 5) is 18.8. The summed E-state index contributed by atoms with van der Waals surface area (Å²) in [6, 6.07) is 6.58. The summed E-state index contributed by atoms with van der Waals surface area (Å²) in [5, 5.41) is 0. The van der Waals surface area contributed by atoms with Gasteiger partial charge in [-0.05, 0) is 43.8 Å². The van der Waals surface area contributed by atoms with E-state index in [1.54, 1.807) is 12.1 Å². The summed E-state index contributed by atoms with van der Waals surface area (Å²) in [6.45, 7) is 9.79. The van der Waals surface area contributed by atoms with E-state index in [1.165, 1.54) is 12.1 Å². The molecule has 5 heteroatoms. The molecule has 0 spiro atoms. The molecule has 1 aromatic carbocycles. The van der Waals surface area contributed by atoms with Crippen molar-refractivity contribution in [1.82, 2.24) is 9.80 Å². The van der Waals surface area contributed by atoms with Gasteiger partial charge in [0.2, 0.25) is 5.91 Å². The van der Waals surface area contributed by atoms with Crippen molar-refractivity contribution in [2.24, 2.45) is 0 Å². The number of halogens is 1. The first-order valence-corrected chi connectivity index (χ1v) is 8.64. The molecule has 0 unspecified atom stereocenters. The molecule has 2 rings (SSSR count). The molecular formula is C18H28FN3O. The van der Waals surface area contributed by atoms with Crippen molar-refractivity contribution < 1.29 is 9.18 Å². The Labute approximate surface area is 138 Å². The van der Waals surface area contributed by atoms with Gasteiger partial charge in [-0.1, -0.05) is 20.3 Å². The van der Waals surface area contributed by atoms with Crippen molar-refractivity contribution >= 4 is 11.6 Å². The number of amides is 1. The highest BCUT2D eigenvalue weighted by molar-refractivity contribution is 5.78. The standard InChI is InChI=1S/C18H28FN3O/c1-3-5-10-20(4-2)15-18(23)22-13-11-21(12-14-22)17-8-6-16(19)7-9-17/h6-9H,3-5,10-15H2,1-2H3. The quantitative estimate of drug-likeness (QED) is 0.772. The Morgan fingerprint density at radius 1 is 1.13 bits per heavy atom. The molecule has 1 heterocycles. The minimum absolute atomic E-state index is 0.214. The maximum atomic E-state index is 13.0. The zero-order valence-corrected chi connectivity index (χ0v) is 14.3. The largest absolute Gasteiger partial charge is 0.368 e. The predicted molar refractivity (Wildman–Crippen MR) is 92.2 cm³/mol. The Balaban J connectivity index is 1.81. The smallest absolute Gasteiger partial charge is 0.236 e.